The molecule has 10 heteroatoms. The van der Waals surface area contributed by atoms with Gasteiger partial charge in [-0.05, 0) is 43.3 Å². The maximum absolute atomic E-state index is 13.1. The van der Waals surface area contributed by atoms with Crippen LogP contribution in [0.25, 0.3) is 0 Å². The lowest BCUT2D eigenvalue weighted by molar-refractivity contribution is -0.384. The second kappa shape index (κ2) is 9.90. The standard InChI is InChI=1S/C22H20ClN3O5S/c1-16-7-9-17(10-8-16)22(27)25(18-5-3-2-4-6-18)14-13-24-32(30,31)19-11-12-20(23)21(15-19)26(28)29/h2-12,15,24H,13-14H2,1H3. The van der Waals surface area contributed by atoms with E-state index >= 15 is 0 Å². The third-order valence-electron chi connectivity index (χ3n) is 4.66. The maximum Gasteiger partial charge on any atom is 0.289 e. The molecule has 166 valence electrons. The van der Waals surface area contributed by atoms with Crippen LogP contribution < -0.4 is 9.62 Å². The van der Waals surface area contributed by atoms with Gasteiger partial charge in [-0.1, -0.05) is 47.5 Å². The molecule has 3 rings (SSSR count). The van der Waals surface area contributed by atoms with Gasteiger partial charge in [0.15, 0.2) is 0 Å². The van der Waals surface area contributed by atoms with E-state index in [4.69, 9.17) is 11.6 Å². The summed E-state index contributed by atoms with van der Waals surface area (Å²) < 4.78 is 27.7. The average molecular weight is 474 g/mol. The van der Waals surface area contributed by atoms with Gasteiger partial charge in [0.1, 0.15) is 5.02 Å². The summed E-state index contributed by atoms with van der Waals surface area (Å²) in [5, 5.41) is 10.9. The minimum atomic E-state index is -4.06. The molecule has 0 saturated heterocycles. The number of hydrogen-bond acceptors (Lipinski definition) is 5. The van der Waals surface area contributed by atoms with Gasteiger partial charge in [0.25, 0.3) is 11.6 Å². The fraction of sp³-hybridized carbons (Fsp3) is 0.136. The van der Waals surface area contributed by atoms with E-state index < -0.39 is 20.6 Å². The number of nitrogens with one attached hydrogen (secondary N) is 1. The average Bonchev–Trinajstić information content (AvgIpc) is 2.77. The van der Waals surface area contributed by atoms with Gasteiger partial charge in [0, 0.05) is 30.4 Å². The van der Waals surface area contributed by atoms with Gasteiger partial charge < -0.3 is 4.90 Å². The molecule has 0 aliphatic rings. The lowest BCUT2D eigenvalue weighted by Crippen LogP contribution is -2.38. The number of aryl methyl sites for hydroxylation is 1. The number of carbonyl (C=O) groups is 1. The number of nitrogens with zero attached hydrogens (tertiary/aromatic N) is 2. The van der Waals surface area contributed by atoms with E-state index in [9.17, 15) is 23.3 Å². The molecule has 0 atom stereocenters. The molecule has 0 bridgehead atoms. The minimum absolute atomic E-state index is 0.0473. The van der Waals surface area contributed by atoms with Gasteiger partial charge in [0.05, 0.1) is 9.82 Å². The second-order valence-electron chi connectivity index (χ2n) is 6.93. The van der Waals surface area contributed by atoms with Crippen molar-refractivity contribution in [2.75, 3.05) is 18.0 Å². The molecule has 1 amide bonds. The summed E-state index contributed by atoms with van der Waals surface area (Å²) in [6.45, 7) is 1.86. The van der Waals surface area contributed by atoms with Gasteiger partial charge in [-0.3, -0.25) is 14.9 Å². The van der Waals surface area contributed by atoms with Crippen molar-refractivity contribution in [3.05, 3.63) is 99.1 Å². The normalized spacial score (nSPS) is 11.2. The van der Waals surface area contributed by atoms with E-state index in [1.54, 1.807) is 36.4 Å². The Balaban J connectivity index is 1.79. The van der Waals surface area contributed by atoms with Gasteiger partial charge in [0.2, 0.25) is 10.0 Å². The van der Waals surface area contributed by atoms with E-state index in [0.717, 1.165) is 17.7 Å². The highest BCUT2D eigenvalue weighted by molar-refractivity contribution is 7.89. The van der Waals surface area contributed by atoms with Gasteiger partial charge in [-0.15, -0.1) is 0 Å². The number of rotatable bonds is 8. The van der Waals surface area contributed by atoms with E-state index in [1.165, 1.54) is 11.0 Å². The van der Waals surface area contributed by atoms with Gasteiger partial charge >= 0.3 is 0 Å². The molecular weight excluding hydrogens is 454 g/mol. The Labute approximate surface area is 190 Å². The Hall–Kier alpha value is -3.27. The topological polar surface area (TPSA) is 110 Å². The van der Waals surface area contributed by atoms with Crippen molar-refractivity contribution in [3.8, 4) is 0 Å². The molecule has 0 aliphatic carbocycles. The number of carbonyl (C=O) groups excluding carboxylic acids is 1. The molecule has 3 aromatic rings. The largest absolute Gasteiger partial charge is 0.307 e. The van der Waals surface area contributed by atoms with Crippen molar-refractivity contribution >= 4 is 38.9 Å². The number of benzene rings is 3. The first-order chi connectivity index (χ1) is 15.2. The van der Waals surface area contributed by atoms with Crippen LogP contribution in [0.1, 0.15) is 15.9 Å². The van der Waals surface area contributed by atoms with Crippen LogP contribution in [-0.2, 0) is 10.0 Å². The highest BCUT2D eigenvalue weighted by Gasteiger charge is 2.22. The van der Waals surface area contributed by atoms with Crippen LogP contribution in [-0.4, -0.2) is 32.3 Å². The fourth-order valence-corrected chi connectivity index (χ4v) is 4.21. The monoisotopic (exact) mass is 473 g/mol. The molecule has 0 spiro atoms. The van der Waals surface area contributed by atoms with Crippen molar-refractivity contribution < 1.29 is 18.1 Å². The molecule has 32 heavy (non-hydrogen) atoms. The van der Waals surface area contributed by atoms with E-state index in [0.29, 0.717) is 11.3 Å². The molecule has 0 fully saturated rings. The Morgan fingerprint density at radius 2 is 1.72 bits per heavy atom. The Morgan fingerprint density at radius 3 is 2.34 bits per heavy atom. The van der Waals surface area contributed by atoms with Crippen LogP contribution in [0.4, 0.5) is 11.4 Å². The highest BCUT2D eigenvalue weighted by Crippen LogP contribution is 2.27. The zero-order valence-electron chi connectivity index (χ0n) is 17.1. The third kappa shape index (κ3) is 5.50. The molecule has 0 aliphatic heterocycles. The highest BCUT2D eigenvalue weighted by atomic mass is 35.5. The summed E-state index contributed by atoms with van der Waals surface area (Å²) in [7, 11) is -4.06. The Morgan fingerprint density at radius 1 is 1.06 bits per heavy atom. The first-order valence-corrected chi connectivity index (χ1v) is 11.4. The van der Waals surface area contributed by atoms with Gasteiger partial charge in [-0.25, -0.2) is 13.1 Å². The molecule has 1 N–H and O–H groups in total. The van der Waals surface area contributed by atoms with E-state index in [2.05, 4.69) is 4.72 Å². The number of halogens is 1. The summed E-state index contributed by atoms with van der Waals surface area (Å²) >= 11 is 5.76. The number of sulfonamides is 1. The molecule has 0 aromatic heterocycles. The molecule has 0 heterocycles. The van der Waals surface area contributed by atoms with E-state index in [-0.39, 0.29) is 28.9 Å². The molecule has 8 nitrogen and oxygen atoms in total. The summed E-state index contributed by atoms with van der Waals surface area (Å²) in [6.07, 6.45) is 0. The van der Waals surface area contributed by atoms with Crippen LogP contribution in [0.2, 0.25) is 5.02 Å². The van der Waals surface area contributed by atoms with Crippen molar-refractivity contribution in [1.82, 2.24) is 4.72 Å². The van der Waals surface area contributed by atoms with Crippen molar-refractivity contribution in [2.24, 2.45) is 0 Å². The quantitative estimate of drug-likeness (QED) is 0.390. The minimum Gasteiger partial charge on any atom is -0.307 e. The van der Waals surface area contributed by atoms with Crippen LogP contribution >= 0.6 is 11.6 Å². The zero-order valence-corrected chi connectivity index (χ0v) is 18.6. The third-order valence-corrected chi connectivity index (χ3v) is 6.44. The van der Waals surface area contributed by atoms with Crippen LogP contribution in [0.5, 0.6) is 0 Å². The summed E-state index contributed by atoms with van der Waals surface area (Å²) in [5.74, 6) is -0.280. The lowest BCUT2D eigenvalue weighted by Gasteiger charge is -2.23. The van der Waals surface area contributed by atoms with Crippen LogP contribution in [0, 0.1) is 17.0 Å². The SMILES string of the molecule is Cc1ccc(C(=O)N(CCNS(=O)(=O)c2ccc(Cl)c([N+](=O)[O-])c2)c2ccccc2)cc1. The summed E-state index contributed by atoms with van der Waals surface area (Å²) in [5.41, 5.74) is 1.59. The number of amides is 1. The van der Waals surface area contributed by atoms with Crippen LogP contribution in [0.15, 0.2) is 77.7 Å². The molecular formula is C22H20ClN3O5S. The number of nitro benzene ring substituents is 1. The number of anilines is 1. The lowest BCUT2D eigenvalue weighted by atomic mass is 10.1. The van der Waals surface area contributed by atoms with E-state index in [1.807, 2.05) is 25.1 Å². The van der Waals surface area contributed by atoms with Crippen molar-refractivity contribution in [3.63, 3.8) is 0 Å². The van der Waals surface area contributed by atoms with Gasteiger partial charge in [-0.2, -0.15) is 0 Å². The van der Waals surface area contributed by atoms with Crippen molar-refractivity contribution in [2.45, 2.75) is 11.8 Å². The maximum atomic E-state index is 13.1. The first-order valence-electron chi connectivity index (χ1n) is 9.56. The summed E-state index contributed by atoms with van der Waals surface area (Å²) in [4.78, 5) is 24.6. The fourth-order valence-electron chi connectivity index (χ4n) is 2.98. The predicted molar refractivity (Wildman–Crippen MR) is 123 cm³/mol. The Bertz CT molecular complexity index is 1230. The number of nitro groups is 1. The predicted octanol–water partition coefficient (Wildman–Crippen LogP) is 4.18. The number of hydrogen-bond donors (Lipinski definition) is 1. The number of para-hydroxylation sites is 1. The second-order valence-corrected chi connectivity index (χ2v) is 9.10. The smallest absolute Gasteiger partial charge is 0.289 e. The van der Waals surface area contributed by atoms with Crippen LogP contribution in [0.3, 0.4) is 0 Å². The molecule has 0 unspecified atom stereocenters. The summed E-state index contributed by atoms with van der Waals surface area (Å²) in [6, 6.07) is 19.2. The first kappa shape index (κ1) is 23.4. The van der Waals surface area contributed by atoms with Crippen molar-refractivity contribution in [1.29, 1.82) is 0 Å². The zero-order chi connectivity index (χ0) is 23.3. The Kier molecular flexibility index (Phi) is 7.24. The molecule has 3 aromatic carbocycles. The molecule has 0 radical (unpaired) electrons. The molecule has 0 saturated carbocycles.